The van der Waals surface area contributed by atoms with Gasteiger partial charge in [0.15, 0.2) is 0 Å². The summed E-state index contributed by atoms with van der Waals surface area (Å²) in [6.45, 7) is 13.5. The van der Waals surface area contributed by atoms with Crippen LogP contribution in [-0.4, -0.2) is 31.9 Å². The van der Waals surface area contributed by atoms with Gasteiger partial charge in [0.2, 0.25) is 10.0 Å². The first-order valence-corrected chi connectivity index (χ1v) is 9.24. The van der Waals surface area contributed by atoms with Crippen LogP contribution in [0.4, 0.5) is 0 Å². The fraction of sp³-hybridized carbons (Fsp3) is 0.143. The van der Waals surface area contributed by atoms with E-state index in [-0.39, 0.29) is 39.0 Å². The Bertz CT molecular complexity index is 895. The molecule has 7 nitrogen and oxygen atoms in total. The number of rotatable bonds is 4. The molecule has 0 bridgehead atoms. The van der Waals surface area contributed by atoms with Crippen molar-refractivity contribution in [3.8, 4) is 0 Å². The van der Waals surface area contributed by atoms with Crippen LogP contribution in [0.2, 0.25) is 0 Å². The summed E-state index contributed by atoms with van der Waals surface area (Å²) >= 11 is 0. The van der Waals surface area contributed by atoms with Gasteiger partial charge in [0.05, 0.1) is 0 Å². The van der Waals surface area contributed by atoms with Gasteiger partial charge in [-0.25, -0.2) is 30.9 Å². The zero-order valence-electron chi connectivity index (χ0n) is 16.6. The molecule has 0 amide bonds. The summed E-state index contributed by atoms with van der Waals surface area (Å²) in [5.74, 6) is 0. The summed E-state index contributed by atoms with van der Waals surface area (Å²) in [7, 11) is -0.581. The molecule has 3 rings (SSSR count). The first-order valence-electron chi connectivity index (χ1n) is 7.80. The maximum atomic E-state index is 12.1. The number of aliphatic hydroxyl groups excluding tert-OH is 1. The number of aliphatic hydroxyl groups is 1. The molecule has 1 atom stereocenters. The van der Waals surface area contributed by atoms with E-state index in [2.05, 4.69) is 20.0 Å². The van der Waals surface area contributed by atoms with Crippen molar-refractivity contribution in [2.45, 2.75) is 11.0 Å². The summed E-state index contributed by atoms with van der Waals surface area (Å²) in [5, 5.41) is 10.2. The van der Waals surface area contributed by atoms with Crippen LogP contribution >= 0.6 is 0 Å². The maximum Gasteiger partial charge on any atom is 0 e. The second-order valence-corrected chi connectivity index (χ2v) is 7.34. The fourth-order valence-corrected chi connectivity index (χ4v) is 3.27. The van der Waals surface area contributed by atoms with Gasteiger partial charge in [-0.15, -0.1) is 11.1 Å². The van der Waals surface area contributed by atoms with Gasteiger partial charge in [-0.3, -0.25) is 0 Å². The van der Waals surface area contributed by atoms with E-state index in [1.165, 1.54) is 20.2 Å². The van der Waals surface area contributed by atoms with Crippen LogP contribution < -0.4 is 0 Å². The quantitative estimate of drug-likeness (QED) is 0.321. The van der Waals surface area contributed by atoms with Crippen LogP contribution in [0.3, 0.4) is 0 Å². The van der Waals surface area contributed by atoms with Crippen molar-refractivity contribution in [1.29, 1.82) is 0 Å². The average Bonchev–Trinajstić information content (AvgIpc) is 3.55. The monoisotopic (exact) mass is 525 g/mol. The minimum Gasteiger partial charge on any atom is -0.748 e. The predicted octanol–water partition coefficient (Wildman–Crippen LogP) is 2.74. The van der Waals surface area contributed by atoms with E-state index in [1.54, 1.807) is 24.3 Å². The molecule has 173 valence electrons. The van der Waals surface area contributed by atoms with Crippen molar-refractivity contribution < 1.29 is 61.6 Å². The Morgan fingerprint density at radius 1 is 0.903 bits per heavy atom. The molecular weight excluding hydrogens is 505 g/mol. The van der Waals surface area contributed by atoms with Crippen molar-refractivity contribution in [2.75, 3.05) is 14.1 Å². The predicted molar refractivity (Wildman–Crippen MR) is 103 cm³/mol. The maximum absolute atomic E-state index is 12.1. The Balaban J connectivity index is -0.000000237. The molecule has 1 unspecified atom stereocenters. The van der Waals surface area contributed by atoms with E-state index in [1.807, 2.05) is 42.5 Å². The second-order valence-electron chi connectivity index (χ2n) is 5.22. The third-order valence-electron chi connectivity index (χ3n) is 3.42. The number of nitrogens with zero attached hydrogens (tertiary/aromatic N) is 1. The molecule has 1 radical (unpaired) electrons. The smallest absolute Gasteiger partial charge is 0 e. The largest absolute Gasteiger partial charge is 0.748 e. The number of hydrogen-bond acceptors (Lipinski definition) is 3. The number of hydrogen-bond donors (Lipinski definition) is 1. The van der Waals surface area contributed by atoms with Gasteiger partial charge >= 0.3 is 33.9 Å². The zero-order valence-corrected chi connectivity index (χ0v) is 19.7. The van der Waals surface area contributed by atoms with E-state index in [0.29, 0.717) is 11.1 Å². The first kappa shape index (κ1) is 36.5. The van der Waals surface area contributed by atoms with Crippen molar-refractivity contribution in [1.82, 2.24) is 4.31 Å². The van der Waals surface area contributed by atoms with Crippen LogP contribution in [0.15, 0.2) is 77.7 Å². The molecule has 0 saturated heterocycles. The van der Waals surface area contributed by atoms with Crippen LogP contribution in [0.1, 0.15) is 17.2 Å². The molecule has 10 heteroatoms. The topological polar surface area (TPSA) is 117 Å². The molecule has 0 heterocycles. The van der Waals surface area contributed by atoms with Gasteiger partial charge in [-0.05, 0) is 4.90 Å². The van der Waals surface area contributed by atoms with Crippen LogP contribution in [0.5, 0.6) is 0 Å². The van der Waals surface area contributed by atoms with Gasteiger partial charge in [-0.1, -0.05) is 0 Å². The zero-order chi connectivity index (χ0) is 22.9. The molecule has 31 heavy (non-hydrogen) atoms. The molecule has 0 aromatic heterocycles. The van der Waals surface area contributed by atoms with Gasteiger partial charge in [0.25, 0.3) is 0 Å². The van der Waals surface area contributed by atoms with E-state index >= 15 is 0 Å². The minimum absolute atomic E-state index is 0. The van der Waals surface area contributed by atoms with Crippen molar-refractivity contribution in [3.05, 3.63) is 104 Å². The fourth-order valence-electron chi connectivity index (χ4n) is 2.15. The summed E-state index contributed by atoms with van der Waals surface area (Å²) in [6.07, 6.45) is -0.917. The summed E-state index contributed by atoms with van der Waals surface area (Å²) in [4.78, 5) is 0.154. The molecule has 0 fully saturated rings. The molecule has 0 aliphatic heterocycles. The Kier molecular flexibility index (Phi) is 25.2. The first-order chi connectivity index (χ1) is 13.9. The Labute approximate surface area is 204 Å². The van der Waals surface area contributed by atoms with E-state index in [9.17, 15) is 13.5 Å². The normalized spacial score (nSPS) is 9.61. The molecule has 0 spiro atoms. The Morgan fingerprint density at radius 3 is 1.65 bits per heavy atom. The van der Waals surface area contributed by atoms with Crippen LogP contribution in [0.25, 0.3) is 0 Å². The summed E-state index contributed by atoms with van der Waals surface area (Å²) < 4.78 is 47.8. The van der Waals surface area contributed by atoms with Gasteiger partial charge in [0.1, 0.15) is 0 Å². The van der Waals surface area contributed by atoms with Crippen molar-refractivity contribution in [3.63, 3.8) is 0 Å². The molecule has 1 N–H and O–H groups in total. The van der Waals surface area contributed by atoms with Crippen molar-refractivity contribution >= 4 is 10.0 Å². The van der Waals surface area contributed by atoms with Crippen LogP contribution in [0, 0.1) is 20.0 Å². The molecule has 3 aromatic carbocycles. The van der Waals surface area contributed by atoms with E-state index < -0.39 is 16.1 Å². The van der Waals surface area contributed by atoms with Gasteiger partial charge < -0.3 is 35.4 Å². The Morgan fingerprint density at radius 2 is 1.29 bits per heavy atom. The third kappa shape index (κ3) is 12.0. The van der Waals surface area contributed by atoms with Crippen molar-refractivity contribution in [2.24, 2.45) is 0 Å². The average molecular weight is 525 g/mol. The second kappa shape index (κ2) is 21.4. The van der Waals surface area contributed by atoms with E-state index in [0.717, 1.165) is 4.31 Å². The van der Waals surface area contributed by atoms with Crippen LogP contribution in [-0.2, 0) is 58.1 Å². The summed E-state index contributed by atoms with van der Waals surface area (Å²) in [5.41, 5.74) is 1.10. The molecular formula is C21H20FeMnNO6S-7. The molecule has 3 aromatic rings. The number of sulfonamides is 1. The standard InChI is InChI=1S/C13H15NO3S.C5H5.3CO.Fe.Mn/c1-14(2)18(16,17)12-9-5-8-11(12)13(15)10-6-3-4-7-10;1-2-4-5-3-1;3*1-2;;/h3-9,13,15H,1-2H3;1-5H;;;;;/q-2;-5;;;;;. The molecule has 0 aliphatic rings. The molecule has 0 saturated carbocycles. The third-order valence-corrected chi connectivity index (χ3v) is 5.31. The van der Waals surface area contributed by atoms with Gasteiger partial charge in [0, 0.05) is 54.3 Å². The van der Waals surface area contributed by atoms with Gasteiger partial charge in [-0.2, -0.15) is 24.3 Å². The molecule has 0 aliphatic carbocycles. The summed E-state index contributed by atoms with van der Waals surface area (Å²) in [6, 6.07) is 21.9. The Hall–Kier alpha value is -1.82. The minimum atomic E-state index is -3.53. The SMILES string of the molecule is CN(C)S(=O)(=O)c1ccc[c-]1C(O)[c-]1cccc1.[C-]#[O+].[C-]#[O+].[C-]#[O+].[Fe].[Mn].[cH-]1[cH-][cH-][cH-][cH-]1. The van der Waals surface area contributed by atoms with E-state index in [4.69, 9.17) is 14.0 Å².